The molecule has 0 spiro atoms. The molecule has 0 saturated heterocycles. The van der Waals surface area contributed by atoms with E-state index in [0.717, 1.165) is 23.5 Å². The summed E-state index contributed by atoms with van der Waals surface area (Å²) in [4.78, 5) is 0. The third-order valence-electron chi connectivity index (χ3n) is 4.40. The smallest absolute Gasteiger partial charge is 0.131 e. The van der Waals surface area contributed by atoms with Crippen LogP contribution in [-0.2, 0) is 12.8 Å². The van der Waals surface area contributed by atoms with E-state index in [-0.39, 0.29) is 6.61 Å². The minimum atomic E-state index is 0.123. The summed E-state index contributed by atoms with van der Waals surface area (Å²) in [6.45, 7) is 0.123. The first-order valence-corrected chi connectivity index (χ1v) is 7.93. The predicted molar refractivity (Wildman–Crippen MR) is 92.0 cm³/mol. The minimum absolute atomic E-state index is 0.123. The molecule has 1 aliphatic rings. The maximum atomic E-state index is 9.50. The minimum Gasteiger partial charge on any atom is -0.457 e. The Morgan fingerprint density at radius 1 is 0.826 bits per heavy atom. The number of fused-ring (bicyclic) bond motifs is 3. The van der Waals surface area contributed by atoms with Crippen LogP contribution in [0.2, 0.25) is 0 Å². The number of ether oxygens (including phenoxy) is 1. The van der Waals surface area contributed by atoms with Gasteiger partial charge in [0.05, 0.1) is 0 Å². The fraction of sp³-hybridized carbons (Fsp3) is 0.143. The number of para-hydroxylation sites is 1. The van der Waals surface area contributed by atoms with Crippen LogP contribution in [-0.4, -0.2) is 11.7 Å². The Morgan fingerprint density at radius 2 is 1.61 bits per heavy atom. The van der Waals surface area contributed by atoms with Crippen molar-refractivity contribution in [3.05, 3.63) is 83.4 Å². The molecule has 1 aliphatic carbocycles. The van der Waals surface area contributed by atoms with Gasteiger partial charge in [-0.25, -0.2) is 0 Å². The van der Waals surface area contributed by atoms with Crippen LogP contribution in [0.4, 0.5) is 0 Å². The molecule has 2 heteroatoms. The summed E-state index contributed by atoms with van der Waals surface area (Å²) < 4.78 is 6.08. The van der Waals surface area contributed by atoms with Gasteiger partial charge < -0.3 is 9.84 Å². The van der Waals surface area contributed by atoms with Crippen LogP contribution in [0.25, 0.3) is 11.1 Å². The molecule has 3 aromatic rings. The van der Waals surface area contributed by atoms with Crippen LogP contribution in [0, 0.1) is 0 Å². The van der Waals surface area contributed by atoms with Gasteiger partial charge in [-0.05, 0) is 53.3 Å². The predicted octanol–water partition coefficient (Wildman–Crippen LogP) is 4.58. The number of benzene rings is 3. The first-order chi connectivity index (χ1) is 11.4. The molecule has 0 fully saturated rings. The summed E-state index contributed by atoms with van der Waals surface area (Å²) >= 11 is 0. The molecule has 0 bridgehead atoms. The maximum Gasteiger partial charge on any atom is 0.131 e. The molecule has 0 saturated carbocycles. The normalized spacial score (nSPS) is 11.9. The van der Waals surface area contributed by atoms with Gasteiger partial charge in [-0.1, -0.05) is 48.5 Å². The lowest BCUT2D eigenvalue weighted by Gasteiger charge is -2.15. The number of hydrogen-bond donors (Lipinski definition) is 1. The molecule has 0 heterocycles. The van der Waals surface area contributed by atoms with Gasteiger partial charge in [0.25, 0.3) is 0 Å². The molecular formula is C21H18O2. The Labute approximate surface area is 136 Å². The molecule has 0 radical (unpaired) electrons. The van der Waals surface area contributed by atoms with Crippen LogP contribution in [0.3, 0.4) is 0 Å². The summed E-state index contributed by atoms with van der Waals surface area (Å²) in [5, 5.41) is 9.50. The van der Waals surface area contributed by atoms with Crippen molar-refractivity contribution in [3.63, 3.8) is 0 Å². The van der Waals surface area contributed by atoms with E-state index in [1.807, 2.05) is 36.4 Å². The van der Waals surface area contributed by atoms with Gasteiger partial charge >= 0.3 is 0 Å². The van der Waals surface area contributed by atoms with E-state index < -0.39 is 0 Å². The topological polar surface area (TPSA) is 29.5 Å². The average Bonchev–Trinajstić information content (AvgIpc) is 2.97. The van der Waals surface area contributed by atoms with Gasteiger partial charge in [0.15, 0.2) is 0 Å². The second-order valence-electron chi connectivity index (χ2n) is 5.79. The Morgan fingerprint density at radius 3 is 2.43 bits per heavy atom. The molecule has 114 valence electrons. The molecule has 23 heavy (non-hydrogen) atoms. The summed E-state index contributed by atoms with van der Waals surface area (Å²) in [6.07, 6.45) is 1.52. The number of hydrogen-bond acceptors (Lipinski definition) is 2. The number of rotatable bonds is 4. The van der Waals surface area contributed by atoms with E-state index in [1.165, 1.54) is 22.3 Å². The highest BCUT2D eigenvalue weighted by atomic mass is 16.5. The molecule has 0 aromatic heterocycles. The molecule has 2 nitrogen and oxygen atoms in total. The number of aliphatic hydroxyl groups is 1. The van der Waals surface area contributed by atoms with Crippen LogP contribution < -0.4 is 4.74 Å². The van der Waals surface area contributed by atoms with Gasteiger partial charge in [-0.2, -0.15) is 0 Å². The third kappa shape index (κ3) is 2.51. The summed E-state index contributed by atoms with van der Waals surface area (Å²) in [6, 6.07) is 22.5. The van der Waals surface area contributed by atoms with Gasteiger partial charge in [-0.3, -0.25) is 0 Å². The zero-order valence-corrected chi connectivity index (χ0v) is 12.8. The highest BCUT2D eigenvalue weighted by molar-refractivity contribution is 5.79. The van der Waals surface area contributed by atoms with Crippen molar-refractivity contribution in [2.75, 3.05) is 6.61 Å². The van der Waals surface area contributed by atoms with Crippen LogP contribution in [0.5, 0.6) is 11.5 Å². The Hall–Kier alpha value is -2.58. The molecule has 4 rings (SSSR count). The zero-order valence-electron chi connectivity index (χ0n) is 12.8. The quantitative estimate of drug-likeness (QED) is 0.597. The van der Waals surface area contributed by atoms with Crippen molar-refractivity contribution in [2.45, 2.75) is 12.8 Å². The maximum absolute atomic E-state index is 9.50. The van der Waals surface area contributed by atoms with E-state index in [1.54, 1.807) is 0 Å². The monoisotopic (exact) mass is 302 g/mol. The van der Waals surface area contributed by atoms with E-state index in [2.05, 4.69) is 30.3 Å². The lowest BCUT2D eigenvalue weighted by Crippen LogP contribution is -2.00. The highest BCUT2D eigenvalue weighted by Gasteiger charge is 2.23. The second kappa shape index (κ2) is 5.90. The molecule has 1 N–H and O–H groups in total. The number of aliphatic hydroxyl groups excluding tert-OH is 1. The third-order valence-corrected chi connectivity index (χ3v) is 4.40. The van der Waals surface area contributed by atoms with E-state index >= 15 is 0 Å². The molecule has 0 aliphatic heterocycles. The van der Waals surface area contributed by atoms with Gasteiger partial charge in [-0.15, -0.1) is 0 Å². The molecule has 0 amide bonds. The van der Waals surface area contributed by atoms with Crippen molar-refractivity contribution in [3.8, 4) is 22.6 Å². The first kappa shape index (κ1) is 14.0. The van der Waals surface area contributed by atoms with E-state index in [0.29, 0.717) is 6.42 Å². The van der Waals surface area contributed by atoms with E-state index in [9.17, 15) is 5.11 Å². The Balaban J connectivity index is 1.79. The van der Waals surface area contributed by atoms with Gasteiger partial charge in [0.1, 0.15) is 11.5 Å². The van der Waals surface area contributed by atoms with E-state index in [4.69, 9.17) is 4.74 Å². The fourth-order valence-electron chi connectivity index (χ4n) is 3.35. The lowest BCUT2D eigenvalue weighted by molar-refractivity contribution is 0.297. The SMILES string of the molecule is OCCc1c(Oc2ccccc2)ccc2c1Cc1ccccc1-2. The van der Waals surface area contributed by atoms with Crippen molar-refractivity contribution in [1.82, 2.24) is 0 Å². The van der Waals surface area contributed by atoms with Crippen molar-refractivity contribution in [1.29, 1.82) is 0 Å². The lowest BCUT2D eigenvalue weighted by atomic mass is 9.98. The van der Waals surface area contributed by atoms with Crippen molar-refractivity contribution < 1.29 is 9.84 Å². The molecule has 0 atom stereocenters. The molecule has 0 unspecified atom stereocenters. The highest BCUT2D eigenvalue weighted by Crippen LogP contribution is 2.42. The van der Waals surface area contributed by atoms with Gasteiger partial charge in [0.2, 0.25) is 0 Å². The second-order valence-corrected chi connectivity index (χ2v) is 5.79. The van der Waals surface area contributed by atoms with Crippen LogP contribution >= 0.6 is 0 Å². The van der Waals surface area contributed by atoms with Crippen LogP contribution in [0.1, 0.15) is 16.7 Å². The Kier molecular flexibility index (Phi) is 3.60. The van der Waals surface area contributed by atoms with Gasteiger partial charge in [0, 0.05) is 12.2 Å². The summed E-state index contributed by atoms with van der Waals surface area (Å²) in [5.41, 5.74) is 6.31. The summed E-state index contributed by atoms with van der Waals surface area (Å²) in [5.74, 6) is 1.67. The average molecular weight is 302 g/mol. The largest absolute Gasteiger partial charge is 0.457 e. The molecule has 3 aromatic carbocycles. The van der Waals surface area contributed by atoms with Crippen molar-refractivity contribution >= 4 is 0 Å². The summed E-state index contributed by atoms with van der Waals surface area (Å²) in [7, 11) is 0. The molecular weight excluding hydrogens is 284 g/mol. The standard InChI is InChI=1S/C21H18O2/c22-13-12-19-20-14-15-6-4-5-9-17(15)18(20)10-11-21(19)23-16-7-2-1-3-8-16/h1-11,22H,12-14H2. The fourth-order valence-corrected chi connectivity index (χ4v) is 3.35. The Bertz CT molecular complexity index is 838. The zero-order chi connectivity index (χ0) is 15.6. The first-order valence-electron chi connectivity index (χ1n) is 7.93. The van der Waals surface area contributed by atoms with Crippen molar-refractivity contribution in [2.24, 2.45) is 0 Å². The van der Waals surface area contributed by atoms with Crippen LogP contribution in [0.15, 0.2) is 66.7 Å².